The van der Waals surface area contributed by atoms with Crippen molar-refractivity contribution in [3.63, 3.8) is 0 Å². The Morgan fingerprint density at radius 1 is 1.17 bits per heavy atom. The molecule has 0 amide bonds. The van der Waals surface area contributed by atoms with Crippen molar-refractivity contribution in [2.24, 2.45) is 17.3 Å². The quantitative estimate of drug-likeness (QED) is 0.628. The lowest BCUT2D eigenvalue weighted by Crippen LogP contribution is -1.91. The molecular formula is C12H16N6. The van der Waals surface area contributed by atoms with Crippen molar-refractivity contribution in [2.45, 2.75) is 13.8 Å². The van der Waals surface area contributed by atoms with Crippen molar-refractivity contribution in [3.05, 3.63) is 29.6 Å². The molecule has 0 bridgehead atoms. The summed E-state index contributed by atoms with van der Waals surface area (Å²) in [6, 6.07) is 5.15. The molecule has 6 heteroatoms. The smallest absolute Gasteiger partial charge is 0.129 e. The molecule has 0 atom stereocenters. The minimum absolute atomic E-state index is 0.512. The largest absolute Gasteiger partial charge is 0.399 e. The summed E-state index contributed by atoms with van der Waals surface area (Å²) >= 11 is 0. The maximum atomic E-state index is 5.81. The first-order valence-electron chi connectivity index (χ1n) is 5.56. The summed E-state index contributed by atoms with van der Waals surface area (Å²) in [6.45, 7) is 3.84. The van der Waals surface area contributed by atoms with Crippen LogP contribution in [-0.2, 0) is 7.05 Å². The zero-order chi connectivity index (χ0) is 13.3. The normalized spacial score (nSPS) is 11.3. The predicted octanol–water partition coefficient (Wildman–Crippen LogP) is 2.62. The first-order valence-corrected chi connectivity index (χ1v) is 5.56. The highest BCUT2D eigenvalue weighted by atomic mass is 15.3. The fraction of sp³-hybridized carbons (Fsp3) is 0.250. The van der Waals surface area contributed by atoms with Gasteiger partial charge in [-0.2, -0.15) is 5.10 Å². The second-order valence-corrected chi connectivity index (χ2v) is 4.16. The van der Waals surface area contributed by atoms with Crippen LogP contribution in [0, 0.1) is 13.8 Å². The first kappa shape index (κ1) is 12.1. The van der Waals surface area contributed by atoms with Gasteiger partial charge in [-0.3, -0.25) is 4.68 Å². The molecule has 0 aliphatic heterocycles. The van der Waals surface area contributed by atoms with Crippen molar-refractivity contribution >= 4 is 22.7 Å². The average Bonchev–Trinajstić information content (AvgIpc) is 2.53. The van der Waals surface area contributed by atoms with Gasteiger partial charge in [0, 0.05) is 12.7 Å². The number of benzene rings is 1. The van der Waals surface area contributed by atoms with E-state index in [2.05, 4.69) is 15.3 Å². The van der Waals surface area contributed by atoms with Crippen LogP contribution in [0.4, 0.5) is 22.7 Å². The van der Waals surface area contributed by atoms with E-state index >= 15 is 0 Å². The molecule has 1 aromatic heterocycles. The molecule has 94 valence electrons. The van der Waals surface area contributed by atoms with Gasteiger partial charge in [-0.05, 0) is 32.0 Å². The first-order chi connectivity index (χ1) is 8.49. The van der Waals surface area contributed by atoms with E-state index < -0.39 is 0 Å². The number of hydrogen-bond acceptors (Lipinski definition) is 5. The summed E-state index contributed by atoms with van der Waals surface area (Å²) < 4.78 is 1.77. The Morgan fingerprint density at radius 2 is 1.89 bits per heavy atom. The molecule has 0 radical (unpaired) electrons. The maximum absolute atomic E-state index is 5.81. The van der Waals surface area contributed by atoms with Crippen LogP contribution >= 0.6 is 0 Å². The van der Waals surface area contributed by atoms with E-state index in [0.717, 1.165) is 17.1 Å². The number of rotatable bonds is 2. The van der Waals surface area contributed by atoms with Crippen LogP contribution in [0.2, 0.25) is 0 Å². The molecule has 0 saturated carbocycles. The van der Waals surface area contributed by atoms with E-state index in [4.69, 9.17) is 11.5 Å². The van der Waals surface area contributed by atoms with Gasteiger partial charge in [0.1, 0.15) is 11.4 Å². The van der Waals surface area contributed by atoms with Gasteiger partial charge in [0.2, 0.25) is 0 Å². The molecule has 4 N–H and O–H groups in total. The minimum Gasteiger partial charge on any atom is -0.399 e. The standard InChI is InChI=1S/C12H16N6/c1-7-12(8(2)18(3)17-7)16-15-11-5-4-9(13)6-10(11)14/h4-6H,13-14H2,1-3H3. The molecule has 1 heterocycles. The Balaban J connectivity index is 2.36. The Kier molecular flexibility index (Phi) is 3.01. The second-order valence-electron chi connectivity index (χ2n) is 4.16. The highest BCUT2D eigenvalue weighted by Crippen LogP contribution is 2.28. The maximum Gasteiger partial charge on any atom is 0.129 e. The van der Waals surface area contributed by atoms with Crippen LogP contribution in [0.5, 0.6) is 0 Å². The van der Waals surface area contributed by atoms with Crippen LogP contribution in [0.1, 0.15) is 11.4 Å². The summed E-state index contributed by atoms with van der Waals surface area (Å²) in [4.78, 5) is 0. The number of nitrogen functional groups attached to an aromatic ring is 2. The number of azo groups is 1. The minimum atomic E-state index is 0.512. The van der Waals surface area contributed by atoms with Crippen molar-refractivity contribution < 1.29 is 0 Å². The third kappa shape index (κ3) is 2.17. The topological polar surface area (TPSA) is 94.6 Å². The van der Waals surface area contributed by atoms with Crippen molar-refractivity contribution in [3.8, 4) is 0 Å². The number of anilines is 2. The lowest BCUT2D eigenvalue weighted by Gasteiger charge is -2.00. The SMILES string of the molecule is Cc1nn(C)c(C)c1N=Nc1ccc(N)cc1N. The van der Waals surface area contributed by atoms with Crippen molar-refractivity contribution in [2.75, 3.05) is 11.5 Å². The molecule has 1 aromatic carbocycles. The summed E-state index contributed by atoms with van der Waals surface area (Å²) in [5.74, 6) is 0. The number of aryl methyl sites for hydroxylation is 2. The van der Waals surface area contributed by atoms with Crippen LogP contribution in [0.3, 0.4) is 0 Å². The van der Waals surface area contributed by atoms with Gasteiger partial charge in [0.15, 0.2) is 0 Å². The van der Waals surface area contributed by atoms with Gasteiger partial charge >= 0.3 is 0 Å². The Hall–Kier alpha value is -2.37. The fourth-order valence-corrected chi connectivity index (χ4v) is 1.68. The van der Waals surface area contributed by atoms with Gasteiger partial charge in [-0.15, -0.1) is 10.2 Å². The Morgan fingerprint density at radius 3 is 2.44 bits per heavy atom. The van der Waals surface area contributed by atoms with Gasteiger partial charge in [-0.1, -0.05) is 0 Å². The Bertz CT molecular complexity index is 611. The van der Waals surface area contributed by atoms with E-state index in [0.29, 0.717) is 17.1 Å². The monoisotopic (exact) mass is 244 g/mol. The molecule has 6 nitrogen and oxygen atoms in total. The summed E-state index contributed by atoms with van der Waals surface area (Å²) in [7, 11) is 1.87. The van der Waals surface area contributed by atoms with E-state index in [1.54, 1.807) is 22.9 Å². The molecular weight excluding hydrogens is 228 g/mol. The van der Waals surface area contributed by atoms with Crippen molar-refractivity contribution in [1.82, 2.24) is 9.78 Å². The zero-order valence-corrected chi connectivity index (χ0v) is 10.7. The van der Waals surface area contributed by atoms with Crippen molar-refractivity contribution in [1.29, 1.82) is 0 Å². The zero-order valence-electron chi connectivity index (χ0n) is 10.7. The number of nitrogens with two attached hydrogens (primary N) is 2. The molecule has 0 unspecified atom stereocenters. The lowest BCUT2D eigenvalue weighted by atomic mass is 10.2. The molecule has 18 heavy (non-hydrogen) atoms. The highest BCUT2D eigenvalue weighted by molar-refractivity contribution is 5.67. The third-order valence-corrected chi connectivity index (χ3v) is 2.78. The van der Waals surface area contributed by atoms with Crippen LogP contribution in [-0.4, -0.2) is 9.78 Å². The molecule has 0 spiro atoms. The summed E-state index contributed by atoms with van der Waals surface area (Å²) in [5, 5.41) is 12.6. The van der Waals surface area contributed by atoms with Gasteiger partial charge in [0.05, 0.1) is 17.1 Å². The van der Waals surface area contributed by atoms with Crippen LogP contribution < -0.4 is 11.5 Å². The molecule has 2 aromatic rings. The van der Waals surface area contributed by atoms with E-state index in [1.807, 2.05) is 20.9 Å². The molecule has 2 rings (SSSR count). The van der Waals surface area contributed by atoms with Crippen LogP contribution in [0.25, 0.3) is 0 Å². The highest BCUT2D eigenvalue weighted by Gasteiger charge is 2.08. The van der Waals surface area contributed by atoms with Gasteiger partial charge < -0.3 is 11.5 Å². The van der Waals surface area contributed by atoms with E-state index in [1.165, 1.54) is 0 Å². The second kappa shape index (κ2) is 4.48. The molecule has 0 saturated heterocycles. The summed E-state index contributed by atoms with van der Waals surface area (Å²) in [5.41, 5.74) is 15.7. The number of nitrogens with zero attached hydrogens (tertiary/aromatic N) is 4. The summed E-state index contributed by atoms with van der Waals surface area (Å²) in [6.07, 6.45) is 0. The molecule has 0 aliphatic carbocycles. The van der Waals surface area contributed by atoms with Gasteiger partial charge in [0.25, 0.3) is 0 Å². The number of hydrogen-bond donors (Lipinski definition) is 2. The van der Waals surface area contributed by atoms with E-state index in [-0.39, 0.29) is 0 Å². The Labute approximate surface area is 105 Å². The molecule has 0 aliphatic rings. The van der Waals surface area contributed by atoms with Crippen LogP contribution in [0.15, 0.2) is 28.4 Å². The predicted molar refractivity (Wildman–Crippen MR) is 72.1 cm³/mol. The van der Waals surface area contributed by atoms with E-state index in [9.17, 15) is 0 Å². The lowest BCUT2D eigenvalue weighted by molar-refractivity contribution is 0.731. The fourth-order valence-electron chi connectivity index (χ4n) is 1.68. The average molecular weight is 244 g/mol. The van der Waals surface area contributed by atoms with Gasteiger partial charge in [-0.25, -0.2) is 0 Å². The molecule has 0 fully saturated rings. The number of aromatic nitrogens is 2. The third-order valence-electron chi connectivity index (χ3n) is 2.78.